The Bertz CT molecular complexity index is 424. The second-order valence-corrected chi connectivity index (χ2v) is 3.07. The van der Waals surface area contributed by atoms with E-state index in [1.165, 1.54) is 7.11 Å². The third-order valence-corrected chi connectivity index (χ3v) is 2.09. The van der Waals surface area contributed by atoms with Crippen LogP contribution >= 0.6 is 0 Å². The molecule has 1 heterocycles. The van der Waals surface area contributed by atoms with Gasteiger partial charge in [-0.1, -0.05) is 0 Å². The summed E-state index contributed by atoms with van der Waals surface area (Å²) >= 11 is 0. The van der Waals surface area contributed by atoms with Crippen molar-refractivity contribution < 1.29 is 23.0 Å². The van der Waals surface area contributed by atoms with Gasteiger partial charge in [0.15, 0.2) is 5.75 Å². The van der Waals surface area contributed by atoms with Gasteiger partial charge in [-0.3, -0.25) is 0 Å². The Morgan fingerprint density at radius 2 is 2.18 bits per heavy atom. The molecule has 0 aromatic carbocycles. The summed E-state index contributed by atoms with van der Waals surface area (Å²) in [5, 5.41) is 0. The Morgan fingerprint density at radius 3 is 2.59 bits per heavy atom. The number of carbonyl (C=O) groups excluding carboxylic acids is 1. The van der Waals surface area contributed by atoms with E-state index in [-0.39, 0.29) is 23.6 Å². The number of ether oxygens (including phenoxy) is 2. The van der Waals surface area contributed by atoms with Crippen molar-refractivity contribution in [2.75, 3.05) is 14.2 Å². The largest absolute Gasteiger partial charge is 0.494 e. The van der Waals surface area contributed by atoms with Gasteiger partial charge in [0.1, 0.15) is 11.3 Å². The molecule has 0 atom stereocenters. The van der Waals surface area contributed by atoms with Crippen LogP contribution in [0.5, 0.6) is 5.75 Å². The van der Waals surface area contributed by atoms with Crippen molar-refractivity contribution in [3.63, 3.8) is 0 Å². The Labute approximate surface area is 96.5 Å². The van der Waals surface area contributed by atoms with Crippen LogP contribution in [0.1, 0.15) is 28.2 Å². The van der Waals surface area contributed by atoms with Gasteiger partial charge in [-0.05, 0) is 6.07 Å². The summed E-state index contributed by atoms with van der Waals surface area (Å²) in [5.41, 5.74) is 4.81. The topological polar surface area (TPSA) is 74.4 Å². The maximum atomic E-state index is 12.6. The van der Waals surface area contributed by atoms with Crippen LogP contribution < -0.4 is 10.5 Å². The van der Waals surface area contributed by atoms with Crippen LogP contribution in [0.2, 0.25) is 0 Å². The average molecular weight is 246 g/mol. The van der Waals surface area contributed by atoms with Gasteiger partial charge >= 0.3 is 5.97 Å². The fourth-order valence-electron chi connectivity index (χ4n) is 1.35. The molecule has 1 aromatic rings. The number of pyridine rings is 1. The predicted octanol–water partition coefficient (Wildman–Crippen LogP) is 1.27. The van der Waals surface area contributed by atoms with Gasteiger partial charge in [0.25, 0.3) is 6.43 Å². The molecule has 0 bridgehead atoms. The van der Waals surface area contributed by atoms with Crippen LogP contribution in [0.4, 0.5) is 8.78 Å². The molecule has 0 radical (unpaired) electrons. The maximum Gasteiger partial charge on any atom is 0.341 e. The lowest BCUT2D eigenvalue weighted by Crippen LogP contribution is -2.12. The molecule has 0 aliphatic carbocycles. The second kappa shape index (κ2) is 5.53. The number of nitrogens with zero attached hydrogens (tertiary/aromatic N) is 1. The minimum absolute atomic E-state index is 0.0590. The second-order valence-electron chi connectivity index (χ2n) is 3.07. The minimum atomic E-state index is -2.80. The minimum Gasteiger partial charge on any atom is -0.494 e. The highest BCUT2D eigenvalue weighted by atomic mass is 19.3. The maximum absolute atomic E-state index is 12.6. The standard InChI is InChI=1S/C10H12F2N2O3/c1-16-8-5(10(15)17-2)3-6(9(11)12)14-7(8)4-13/h3,9H,4,13H2,1-2H3. The first-order valence-electron chi connectivity index (χ1n) is 4.69. The fraction of sp³-hybridized carbons (Fsp3) is 0.400. The first-order valence-corrected chi connectivity index (χ1v) is 4.69. The molecule has 0 aliphatic heterocycles. The number of carbonyl (C=O) groups is 1. The highest BCUT2D eigenvalue weighted by Gasteiger charge is 2.22. The Hall–Kier alpha value is -1.76. The Balaban J connectivity index is 3.42. The van der Waals surface area contributed by atoms with Gasteiger partial charge in [-0.15, -0.1) is 0 Å². The van der Waals surface area contributed by atoms with Gasteiger partial charge in [0.05, 0.1) is 19.9 Å². The van der Waals surface area contributed by atoms with Crippen molar-refractivity contribution in [3.8, 4) is 5.75 Å². The number of hydrogen-bond donors (Lipinski definition) is 1. The number of hydrogen-bond acceptors (Lipinski definition) is 5. The molecule has 0 aliphatic rings. The van der Waals surface area contributed by atoms with Crippen LogP contribution in [0.15, 0.2) is 6.07 Å². The molecule has 0 spiro atoms. The molecule has 0 saturated heterocycles. The summed E-state index contributed by atoms with van der Waals surface area (Å²) in [6.07, 6.45) is -2.80. The van der Waals surface area contributed by atoms with Gasteiger partial charge in [-0.2, -0.15) is 0 Å². The van der Waals surface area contributed by atoms with Gasteiger partial charge in [0, 0.05) is 6.54 Å². The van der Waals surface area contributed by atoms with E-state index in [1.807, 2.05) is 0 Å². The van der Waals surface area contributed by atoms with E-state index in [0.717, 1.165) is 13.2 Å². The number of esters is 1. The molecule has 0 fully saturated rings. The summed E-state index contributed by atoms with van der Waals surface area (Å²) in [6.45, 7) is -0.117. The van der Waals surface area contributed by atoms with Crippen LogP contribution in [-0.2, 0) is 11.3 Å². The molecule has 5 nitrogen and oxygen atoms in total. The van der Waals surface area contributed by atoms with Crippen molar-refractivity contribution in [1.82, 2.24) is 4.98 Å². The van der Waals surface area contributed by atoms with Crippen molar-refractivity contribution in [2.24, 2.45) is 5.73 Å². The zero-order valence-corrected chi connectivity index (χ0v) is 9.37. The SMILES string of the molecule is COC(=O)c1cc(C(F)F)nc(CN)c1OC. The number of rotatable bonds is 4. The summed E-state index contributed by atoms with van der Waals surface area (Å²) in [7, 11) is 2.44. The molecule has 1 rings (SSSR count). The smallest absolute Gasteiger partial charge is 0.341 e. The molecular weight excluding hydrogens is 234 g/mol. The van der Waals surface area contributed by atoms with E-state index < -0.39 is 18.1 Å². The van der Waals surface area contributed by atoms with Crippen molar-refractivity contribution in [2.45, 2.75) is 13.0 Å². The Kier molecular flexibility index (Phi) is 4.33. The molecule has 7 heteroatoms. The predicted molar refractivity (Wildman–Crippen MR) is 55.0 cm³/mol. The van der Waals surface area contributed by atoms with E-state index >= 15 is 0 Å². The van der Waals surface area contributed by atoms with Gasteiger partial charge in [0.2, 0.25) is 0 Å². The average Bonchev–Trinajstić information content (AvgIpc) is 2.35. The van der Waals surface area contributed by atoms with E-state index in [1.54, 1.807) is 0 Å². The number of aromatic nitrogens is 1. The van der Waals surface area contributed by atoms with Crippen molar-refractivity contribution in [3.05, 3.63) is 23.0 Å². The van der Waals surface area contributed by atoms with E-state index in [0.29, 0.717) is 0 Å². The number of nitrogens with two attached hydrogens (primary N) is 1. The lowest BCUT2D eigenvalue weighted by Gasteiger charge is -2.12. The van der Waals surface area contributed by atoms with Crippen molar-refractivity contribution in [1.29, 1.82) is 0 Å². The van der Waals surface area contributed by atoms with E-state index in [4.69, 9.17) is 10.5 Å². The fourth-order valence-corrected chi connectivity index (χ4v) is 1.35. The van der Waals surface area contributed by atoms with Crippen LogP contribution in [0.25, 0.3) is 0 Å². The molecule has 0 amide bonds. The highest BCUT2D eigenvalue weighted by molar-refractivity contribution is 5.92. The zero-order chi connectivity index (χ0) is 13.0. The molecule has 94 valence electrons. The van der Waals surface area contributed by atoms with E-state index in [2.05, 4.69) is 9.72 Å². The molecule has 2 N–H and O–H groups in total. The first kappa shape index (κ1) is 13.3. The quantitative estimate of drug-likeness (QED) is 0.810. The van der Waals surface area contributed by atoms with Gasteiger partial charge in [-0.25, -0.2) is 18.6 Å². The molecule has 0 unspecified atom stereocenters. The normalized spacial score (nSPS) is 10.5. The zero-order valence-electron chi connectivity index (χ0n) is 9.37. The molecular formula is C10H12F2N2O3. The third kappa shape index (κ3) is 2.68. The van der Waals surface area contributed by atoms with Gasteiger partial charge < -0.3 is 15.2 Å². The highest BCUT2D eigenvalue weighted by Crippen LogP contribution is 2.27. The summed E-state index contributed by atoms with van der Waals surface area (Å²) in [6, 6.07) is 0.939. The summed E-state index contributed by atoms with van der Waals surface area (Å²) < 4.78 is 34.6. The van der Waals surface area contributed by atoms with Crippen LogP contribution in [0, 0.1) is 0 Å². The number of alkyl halides is 2. The Morgan fingerprint density at radius 1 is 1.53 bits per heavy atom. The first-order chi connectivity index (χ1) is 8.04. The summed E-state index contributed by atoms with van der Waals surface area (Å²) in [4.78, 5) is 15.1. The van der Waals surface area contributed by atoms with Crippen LogP contribution in [0.3, 0.4) is 0 Å². The lowest BCUT2D eigenvalue weighted by atomic mass is 10.1. The third-order valence-electron chi connectivity index (χ3n) is 2.09. The lowest BCUT2D eigenvalue weighted by molar-refractivity contribution is 0.0596. The van der Waals surface area contributed by atoms with Crippen LogP contribution in [-0.4, -0.2) is 25.2 Å². The van der Waals surface area contributed by atoms with Crippen molar-refractivity contribution >= 4 is 5.97 Å². The molecule has 1 aromatic heterocycles. The van der Waals surface area contributed by atoms with E-state index in [9.17, 15) is 13.6 Å². The summed E-state index contributed by atoms with van der Waals surface area (Å²) in [5.74, 6) is -0.718. The molecule has 17 heavy (non-hydrogen) atoms. The number of methoxy groups -OCH3 is 2. The molecule has 0 saturated carbocycles. The number of halogens is 2. The monoisotopic (exact) mass is 246 g/mol.